The lowest BCUT2D eigenvalue weighted by Crippen LogP contribution is -2.37. The number of nitriles is 1. The van der Waals surface area contributed by atoms with E-state index in [1.165, 1.54) is 0 Å². The molecule has 2 aromatic rings. The van der Waals surface area contributed by atoms with E-state index >= 15 is 0 Å². The maximum Gasteiger partial charge on any atom is 0.325 e. The molecule has 2 fully saturated rings. The van der Waals surface area contributed by atoms with Crippen molar-refractivity contribution in [2.24, 2.45) is 0 Å². The monoisotopic (exact) mass is 395 g/mol. The number of hydrogen-bond acceptors (Lipinski definition) is 4. The van der Waals surface area contributed by atoms with Crippen LogP contribution in [0, 0.1) is 25.2 Å². The third-order valence-corrected chi connectivity index (χ3v) is 7.10. The molecule has 0 radical (unpaired) electrons. The average molecular weight is 395 g/mol. The summed E-state index contributed by atoms with van der Waals surface area (Å²) in [6.07, 6.45) is 0. The zero-order valence-electron chi connectivity index (χ0n) is 15.8. The minimum atomic E-state index is -3.20. The molecule has 0 aromatic heterocycles. The van der Waals surface area contributed by atoms with Crippen molar-refractivity contribution >= 4 is 21.6 Å². The normalized spacial score (nSPS) is 23.0. The lowest BCUT2D eigenvalue weighted by Gasteiger charge is -2.23. The Kier molecular flexibility index (Phi) is 4.39. The summed E-state index contributed by atoms with van der Waals surface area (Å²) < 4.78 is 24.7. The van der Waals surface area contributed by atoms with Gasteiger partial charge in [-0.25, -0.2) is 13.2 Å². The summed E-state index contributed by atoms with van der Waals surface area (Å²) in [5.74, 6) is -0.0265. The van der Waals surface area contributed by atoms with E-state index in [2.05, 4.69) is 6.07 Å². The van der Waals surface area contributed by atoms with E-state index in [-0.39, 0.29) is 29.6 Å². The lowest BCUT2D eigenvalue weighted by molar-refractivity contribution is 0.206. The molecular formula is C21H21N3O3S. The second-order valence-electron chi connectivity index (χ2n) is 7.65. The number of hydrogen-bond donors (Lipinski definition) is 0. The molecule has 0 spiro atoms. The molecule has 2 aromatic carbocycles. The van der Waals surface area contributed by atoms with Gasteiger partial charge in [-0.05, 0) is 54.8 Å². The number of rotatable bonds is 3. The first-order valence-electron chi connectivity index (χ1n) is 9.15. The Balaban J connectivity index is 1.71. The van der Waals surface area contributed by atoms with Gasteiger partial charge < -0.3 is 4.90 Å². The number of fused-ring (bicyclic) bond motifs is 1. The zero-order chi connectivity index (χ0) is 20.1. The van der Waals surface area contributed by atoms with E-state index in [1.54, 1.807) is 21.9 Å². The van der Waals surface area contributed by atoms with E-state index in [9.17, 15) is 13.2 Å². The van der Waals surface area contributed by atoms with Crippen molar-refractivity contribution in [3.05, 3.63) is 64.7 Å². The van der Waals surface area contributed by atoms with E-state index in [1.807, 2.05) is 44.2 Å². The maximum atomic E-state index is 13.3. The van der Waals surface area contributed by atoms with Gasteiger partial charge in [-0.2, -0.15) is 5.26 Å². The SMILES string of the molecule is Cc1cc(C)cc(N2C(=O)N(Cc3ccc(C#N)cc3)[C@@H]3CS(=O)(=O)C[C@@H]32)c1. The number of anilines is 1. The Morgan fingerprint density at radius 3 is 2.25 bits per heavy atom. The molecule has 0 aliphatic carbocycles. The Morgan fingerprint density at radius 2 is 1.64 bits per heavy atom. The molecule has 6 nitrogen and oxygen atoms in total. The Labute approximate surface area is 164 Å². The van der Waals surface area contributed by atoms with Crippen molar-refractivity contribution in [1.29, 1.82) is 5.26 Å². The van der Waals surface area contributed by atoms with Gasteiger partial charge in [0.2, 0.25) is 0 Å². The predicted octanol–water partition coefficient (Wildman–Crippen LogP) is 2.78. The number of nitrogens with zero attached hydrogens (tertiary/aromatic N) is 3. The molecule has 2 saturated heterocycles. The summed E-state index contributed by atoms with van der Waals surface area (Å²) in [6, 6.07) is 14.1. The number of amides is 2. The maximum absolute atomic E-state index is 13.3. The number of carbonyl (C=O) groups excluding carboxylic acids is 1. The summed E-state index contributed by atoms with van der Waals surface area (Å²) in [5, 5.41) is 8.95. The highest BCUT2D eigenvalue weighted by Gasteiger charge is 2.53. The van der Waals surface area contributed by atoms with Gasteiger partial charge in [-0.15, -0.1) is 0 Å². The van der Waals surface area contributed by atoms with Crippen LogP contribution < -0.4 is 4.90 Å². The van der Waals surface area contributed by atoms with Crippen molar-refractivity contribution in [3.63, 3.8) is 0 Å². The molecule has 0 unspecified atom stereocenters. The van der Waals surface area contributed by atoms with E-state index in [0.717, 1.165) is 22.4 Å². The van der Waals surface area contributed by atoms with Crippen LogP contribution in [0.4, 0.5) is 10.5 Å². The first kappa shape index (κ1) is 18.5. The molecule has 28 heavy (non-hydrogen) atoms. The second-order valence-corrected chi connectivity index (χ2v) is 9.80. The van der Waals surface area contributed by atoms with Crippen molar-refractivity contribution in [2.75, 3.05) is 16.4 Å². The standard InChI is InChI=1S/C21H21N3O3S/c1-14-7-15(2)9-18(8-14)24-20-13-28(26,27)12-19(20)23(21(24)25)11-17-5-3-16(10-22)4-6-17/h3-9,19-20H,11-13H2,1-2H3/t19-,20+/m1/s1. The van der Waals surface area contributed by atoms with Gasteiger partial charge in [0.1, 0.15) is 0 Å². The van der Waals surface area contributed by atoms with E-state index in [4.69, 9.17) is 5.26 Å². The summed E-state index contributed by atoms with van der Waals surface area (Å²) in [5.41, 5.74) is 4.24. The van der Waals surface area contributed by atoms with Gasteiger partial charge in [-0.1, -0.05) is 18.2 Å². The summed E-state index contributed by atoms with van der Waals surface area (Å²) in [6.45, 7) is 4.26. The van der Waals surface area contributed by atoms with Crippen LogP contribution in [0.5, 0.6) is 0 Å². The number of sulfone groups is 1. The molecule has 0 bridgehead atoms. The molecule has 7 heteroatoms. The molecule has 0 saturated carbocycles. The Hall–Kier alpha value is -2.85. The molecule has 2 aliphatic heterocycles. The second kappa shape index (κ2) is 6.64. The highest BCUT2D eigenvalue weighted by Crippen LogP contribution is 2.36. The highest BCUT2D eigenvalue weighted by atomic mass is 32.2. The van der Waals surface area contributed by atoms with Gasteiger partial charge in [0, 0.05) is 12.2 Å². The van der Waals surface area contributed by atoms with Gasteiger partial charge in [0.25, 0.3) is 0 Å². The van der Waals surface area contributed by atoms with Gasteiger partial charge in [0.05, 0.1) is 35.2 Å². The van der Waals surface area contributed by atoms with Gasteiger partial charge in [0.15, 0.2) is 9.84 Å². The van der Waals surface area contributed by atoms with E-state index < -0.39 is 9.84 Å². The molecule has 2 aliphatic rings. The van der Waals surface area contributed by atoms with Crippen LogP contribution in [0.2, 0.25) is 0 Å². The molecule has 2 amide bonds. The largest absolute Gasteiger partial charge is 0.325 e. The quantitative estimate of drug-likeness (QED) is 0.749. The highest BCUT2D eigenvalue weighted by molar-refractivity contribution is 7.91. The summed E-state index contributed by atoms with van der Waals surface area (Å²) >= 11 is 0. The van der Waals surface area contributed by atoms with Crippen LogP contribution in [0.25, 0.3) is 0 Å². The number of aryl methyl sites for hydroxylation is 2. The minimum Gasteiger partial charge on any atom is -0.314 e. The third kappa shape index (κ3) is 3.25. The molecule has 0 N–H and O–H groups in total. The van der Waals surface area contributed by atoms with Gasteiger partial charge in [-0.3, -0.25) is 4.90 Å². The average Bonchev–Trinajstić information content (AvgIpc) is 3.05. The molecule has 2 heterocycles. The van der Waals surface area contributed by atoms with Crippen LogP contribution in [-0.4, -0.2) is 42.9 Å². The van der Waals surface area contributed by atoms with Gasteiger partial charge >= 0.3 is 6.03 Å². The van der Waals surface area contributed by atoms with Crippen LogP contribution in [-0.2, 0) is 16.4 Å². The van der Waals surface area contributed by atoms with Crippen LogP contribution in [0.15, 0.2) is 42.5 Å². The minimum absolute atomic E-state index is 0.0129. The van der Waals surface area contributed by atoms with Crippen molar-refractivity contribution in [1.82, 2.24) is 4.90 Å². The summed E-state index contributed by atoms with van der Waals surface area (Å²) in [4.78, 5) is 16.6. The first-order valence-corrected chi connectivity index (χ1v) is 11.0. The number of carbonyl (C=O) groups is 1. The smallest absolute Gasteiger partial charge is 0.314 e. The number of urea groups is 1. The third-order valence-electron chi connectivity index (χ3n) is 5.40. The number of benzene rings is 2. The zero-order valence-corrected chi connectivity index (χ0v) is 16.6. The van der Waals surface area contributed by atoms with Crippen LogP contribution >= 0.6 is 0 Å². The van der Waals surface area contributed by atoms with Crippen molar-refractivity contribution < 1.29 is 13.2 Å². The molecule has 4 rings (SSSR count). The Morgan fingerprint density at radius 1 is 1.04 bits per heavy atom. The molecule has 144 valence electrons. The topological polar surface area (TPSA) is 81.5 Å². The van der Waals surface area contributed by atoms with Crippen LogP contribution in [0.1, 0.15) is 22.3 Å². The van der Waals surface area contributed by atoms with Crippen molar-refractivity contribution in [2.45, 2.75) is 32.5 Å². The fourth-order valence-electron chi connectivity index (χ4n) is 4.23. The first-order chi connectivity index (χ1) is 13.3. The fraction of sp³-hybridized carbons (Fsp3) is 0.333. The van der Waals surface area contributed by atoms with Crippen LogP contribution in [0.3, 0.4) is 0 Å². The molecular weight excluding hydrogens is 374 g/mol. The Bertz CT molecular complexity index is 1070. The van der Waals surface area contributed by atoms with Crippen molar-refractivity contribution in [3.8, 4) is 6.07 Å². The summed E-state index contributed by atoms with van der Waals surface area (Å²) in [7, 11) is -3.20. The predicted molar refractivity (Wildman–Crippen MR) is 107 cm³/mol. The molecule has 2 atom stereocenters. The van der Waals surface area contributed by atoms with E-state index in [0.29, 0.717) is 12.1 Å². The fourth-order valence-corrected chi connectivity index (χ4v) is 6.18. The lowest BCUT2D eigenvalue weighted by atomic mass is 10.1.